The highest BCUT2D eigenvalue weighted by Crippen LogP contribution is 2.21. The molecule has 19 heavy (non-hydrogen) atoms. The van der Waals surface area contributed by atoms with Crippen LogP contribution >= 0.6 is 23.8 Å². The summed E-state index contributed by atoms with van der Waals surface area (Å²) in [7, 11) is 0. The van der Waals surface area contributed by atoms with Crippen LogP contribution < -0.4 is 5.73 Å². The van der Waals surface area contributed by atoms with E-state index in [9.17, 15) is 0 Å². The van der Waals surface area contributed by atoms with E-state index in [4.69, 9.17) is 29.6 Å². The van der Waals surface area contributed by atoms with E-state index in [1.165, 1.54) is 5.56 Å². The molecule has 2 rings (SSSR count). The summed E-state index contributed by atoms with van der Waals surface area (Å²) >= 11 is 11.2. The van der Waals surface area contributed by atoms with Crippen molar-refractivity contribution in [3.63, 3.8) is 0 Å². The zero-order chi connectivity index (χ0) is 14.2. The fourth-order valence-corrected chi connectivity index (χ4v) is 2.30. The lowest BCUT2D eigenvalue weighted by atomic mass is 10.1. The summed E-state index contributed by atoms with van der Waals surface area (Å²) in [6.45, 7) is 6.80. The molecular weight excluding hydrogens is 278 g/mol. The minimum Gasteiger partial charge on any atom is -0.389 e. The van der Waals surface area contributed by atoms with Gasteiger partial charge < -0.3 is 5.73 Å². The molecule has 1 aromatic carbocycles. The van der Waals surface area contributed by atoms with E-state index in [0.717, 1.165) is 22.5 Å². The van der Waals surface area contributed by atoms with Gasteiger partial charge in [-0.25, -0.2) is 0 Å². The van der Waals surface area contributed by atoms with Crippen molar-refractivity contribution < 1.29 is 0 Å². The molecule has 0 radical (unpaired) electrons. The number of hydrogen-bond acceptors (Lipinski definition) is 2. The molecule has 3 nitrogen and oxygen atoms in total. The Bertz CT molecular complexity index is 646. The van der Waals surface area contributed by atoms with Crippen molar-refractivity contribution in [2.45, 2.75) is 27.3 Å². The monoisotopic (exact) mass is 293 g/mol. The van der Waals surface area contributed by atoms with Gasteiger partial charge in [-0.15, -0.1) is 0 Å². The third kappa shape index (κ3) is 2.80. The highest BCUT2D eigenvalue weighted by atomic mass is 35.5. The Kier molecular flexibility index (Phi) is 3.92. The zero-order valence-corrected chi connectivity index (χ0v) is 12.8. The second-order valence-electron chi connectivity index (χ2n) is 4.62. The van der Waals surface area contributed by atoms with Crippen LogP contribution in [0.4, 0.5) is 0 Å². The molecule has 1 aromatic heterocycles. The third-order valence-electron chi connectivity index (χ3n) is 3.40. The average molecular weight is 294 g/mol. The molecule has 0 fully saturated rings. The largest absolute Gasteiger partial charge is 0.389 e. The van der Waals surface area contributed by atoms with Crippen LogP contribution in [0.15, 0.2) is 18.2 Å². The van der Waals surface area contributed by atoms with Gasteiger partial charge in [-0.2, -0.15) is 5.10 Å². The van der Waals surface area contributed by atoms with Crippen LogP contribution in [-0.2, 0) is 6.54 Å². The Morgan fingerprint density at radius 2 is 2.05 bits per heavy atom. The van der Waals surface area contributed by atoms with Crippen LogP contribution in [0.25, 0.3) is 0 Å². The van der Waals surface area contributed by atoms with Gasteiger partial charge in [0.25, 0.3) is 0 Å². The molecule has 0 unspecified atom stereocenters. The molecule has 2 aromatic rings. The Morgan fingerprint density at radius 3 is 2.53 bits per heavy atom. The van der Waals surface area contributed by atoms with Crippen molar-refractivity contribution in [2.24, 2.45) is 5.73 Å². The highest BCUT2D eigenvalue weighted by molar-refractivity contribution is 7.80. The quantitative estimate of drug-likeness (QED) is 0.884. The number of rotatable bonds is 3. The fourth-order valence-electron chi connectivity index (χ4n) is 1.93. The van der Waals surface area contributed by atoms with E-state index in [1.54, 1.807) is 6.07 Å². The van der Waals surface area contributed by atoms with Gasteiger partial charge in [-0.3, -0.25) is 4.68 Å². The van der Waals surface area contributed by atoms with Crippen molar-refractivity contribution in [1.82, 2.24) is 9.78 Å². The number of halogens is 1. The van der Waals surface area contributed by atoms with Crippen LogP contribution in [0.5, 0.6) is 0 Å². The first kappa shape index (κ1) is 14.0. The number of nitrogens with zero attached hydrogens (tertiary/aromatic N) is 2. The Labute approximate surface area is 123 Å². The van der Waals surface area contributed by atoms with E-state index in [1.807, 2.05) is 23.7 Å². The number of aryl methyl sites for hydroxylation is 1. The molecule has 0 saturated carbocycles. The second kappa shape index (κ2) is 5.31. The van der Waals surface area contributed by atoms with Gasteiger partial charge in [0, 0.05) is 16.3 Å². The summed E-state index contributed by atoms with van der Waals surface area (Å²) in [6.07, 6.45) is 0. The van der Waals surface area contributed by atoms with Crippen LogP contribution in [0, 0.1) is 20.8 Å². The lowest BCUT2D eigenvalue weighted by Gasteiger charge is -2.08. The lowest BCUT2D eigenvalue weighted by Crippen LogP contribution is -2.10. The van der Waals surface area contributed by atoms with E-state index in [0.29, 0.717) is 16.6 Å². The van der Waals surface area contributed by atoms with Gasteiger partial charge in [0.15, 0.2) is 0 Å². The van der Waals surface area contributed by atoms with Crippen molar-refractivity contribution in [3.05, 3.63) is 51.3 Å². The summed E-state index contributed by atoms with van der Waals surface area (Å²) in [5, 5.41) is 5.17. The average Bonchev–Trinajstić information content (AvgIpc) is 2.59. The van der Waals surface area contributed by atoms with Gasteiger partial charge in [0.1, 0.15) is 4.99 Å². The first-order valence-corrected chi connectivity index (χ1v) is 6.77. The standard InChI is InChI=1S/C14H16ClN3S/c1-8-9(2)17-18(10(8)3)7-12-5-4-11(14(16)19)6-13(12)15/h4-6H,7H2,1-3H3,(H2,16,19). The molecule has 0 aliphatic heterocycles. The molecular formula is C14H16ClN3S. The number of aromatic nitrogens is 2. The first-order chi connectivity index (χ1) is 8.90. The van der Waals surface area contributed by atoms with Gasteiger partial charge in [-0.05, 0) is 38.0 Å². The molecule has 1 heterocycles. The van der Waals surface area contributed by atoms with Crippen molar-refractivity contribution in [1.29, 1.82) is 0 Å². The van der Waals surface area contributed by atoms with Crippen LogP contribution in [0.1, 0.15) is 28.1 Å². The summed E-state index contributed by atoms with van der Waals surface area (Å²) in [5.41, 5.74) is 10.8. The molecule has 0 amide bonds. The first-order valence-electron chi connectivity index (χ1n) is 5.99. The fraction of sp³-hybridized carbons (Fsp3) is 0.286. The number of thiocarbonyl (C=S) groups is 1. The maximum Gasteiger partial charge on any atom is 0.104 e. The Hall–Kier alpha value is -1.39. The summed E-state index contributed by atoms with van der Waals surface area (Å²) in [6, 6.07) is 5.64. The molecule has 0 bridgehead atoms. The van der Waals surface area contributed by atoms with Crippen molar-refractivity contribution in [3.8, 4) is 0 Å². The predicted molar refractivity (Wildman–Crippen MR) is 82.9 cm³/mol. The van der Waals surface area contributed by atoms with Gasteiger partial charge in [-0.1, -0.05) is 36.0 Å². The van der Waals surface area contributed by atoms with Gasteiger partial charge in [0.2, 0.25) is 0 Å². The molecule has 0 atom stereocenters. The highest BCUT2D eigenvalue weighted by Gasteiger charge is 2.10. The maximum absolute atomic E-state index is 6.27. The number of hydrogen-bond donors (Lipinski definition) is 1. The van der Waals surface area contributed by atoms with Gasteiger partial charge >= 0.3 is 0 Å². The van der Waals surface area contributed by atoms with E-state index < -0.39 is 0 Å². The second-order valence-corrected chi connectivity index (χ2v) is 5.47. The van der Waals surface area contributed by atoms with E-state index >= 15 is 0 Å². The van der Waals surface area contributed by atoms with Crippen LogP contribution in [0.2, 0.25) is 5.02 Å². The molecule has 2 N–H and O–H groups in total. The topological polar surface area (TPSA) is 43.8 Å². The SMILES string of the molecule is Cc1nn(Cc2ccc(C(N)=S)cc2Cl)c(C)c1C. The normalized spacial score (nSPS) is 10.7. The molecule has 100 valence electrons. The molecule has 0 saturated heterocycles. The maximum atomic E-state index is 6.27. The minimum absolute atomic E-state index is 0.357. The molecule has 5 heteroatoms. The molecule has 0 aliphatic rings. The summed E-state index contributed by atoms with van der Waals surface area (Å²) in [4.78, 5) is 0.357. The van der Waals surface area contributed by atoms with E-state index in [-0.39, 0.29) is 0 Å². The van der Waals surface area contributed by atoms with Crippen molar-refractivity contribution >= 4 is 28.8 Å². The Morgan fingerprint density at radius 1 is 1.37 bits per heavy atom. The predicted octanol–water partition coefficient (Wildman–Crippen LogP) is 3.14. The summed E-state index contributed by atoms with van der Waals surface area (Å²) in [5.74, 6) is 0. The third-order valence-corrected chi connectivity index (χ3v) is 3.99. The van der Waals surface area contributed by atoms with E-state index in [2.05, 4.69) is 18.9 Å². The molecule has 0 spiro atoms. The number of nitrogens with two attached hydrogens (primary N) is 1. The minimum atomic E-state index is 0.357. The number of benzene rings is 1. The summed E-state index contributed by atoms with van der Waals surface area (Å²) < 4.78 is 1.96. The lowest BCUT2D eigenvalue weighted by molar-refractivity contribution is 0.658. The van der Waals surface area contributed by atoms with Crippen LogP contribution in [0.3, 0.4) is 0 Å². The zero-order valence-electron chi connectivity index (χ0n) is 11.2. The molecule has 0 aliphatic carbocycles. The van der Waals surface area contributed by atoms with Crippen LogP contribution in [-0.4, -0.2) is 14.8 Å². The van der Waals surface area contributed by atoms with Crippen molar-refractivity contribution in [2.75, 3.05) is 0 Å². The van der Waals surface area contributed by atoms with Gasteiger partial charge in [0.05, 0.1) is 12.2 Å². The smallest absolute Gasteiger partial charge is 0.104 e. The Balaban J connectivity index is 2.33.